The topological polar surface area (TPSA) is 79.7 Å². The predicted molar refractivity (Wildman–Crippen MR) is 116 cm³/mol. The van der Waals surface area contributed by atoms with Crippen molar-refractivity contribution in [3.63, 3.8) is 0 Å². The van der Waals surface area contributed by atoms with Crippen LogP contribution in [0.25, 0.3) is 22.3 Å². The number of imidazole rings is 1. The first-order chi connectivity index (χ1) is 14.7. The average molecular weight is 400 g/mol. The first kappa shape index (κ1) is 18.7. The fraction of sp³-hybridized carbons (Fsp3) is 0.304. The SMILES string of the molecule is O=c1cc(-c2cccnc2)ncn1CC1CCN(Cc2nc3ccccc3[nH]2)CC1. The first-order valence-corrected chi connectivity index (χ1v) is 10.4. The lowest BCUT2D eigenvalue weighted by Crippen LogP contribution is -2.36. The number of para-hydroxylation sites is 2. The summed E-state index contributed by atoms with van der Waals surface area (Å²) in [5.41, 5.74) is 3.63. The number of likely N-dealkylation sites (tertiary alicyclic amines) is 1. The number of aromatic amines is 1. The summed E-state index contributed by atoms with van der Waals surface area (Å²) >= 11 is 0. The Balaban J connectivity index is 1.18. The van der Waals surface area contributed by atoms with E-state index in [0.29, 0.717) is 11.6 Å². The average Bonchev–Trinajstić information content (AvgIpc) is 3.19. The summed E-state index contributed by atoms with van der Waals surface area (Å²) in [5.74, 6) is 1.50. The Kier molecular flexibility index (Phi) is 5.11. The summed E-state index contributed by atoms with van der Waals surface area (Å²) in [5, 5.41) is 0. The van der Waals surface area contributed by atoms with Crippen molar-refractivity contribution in [3.8, 4) is 11.3 Å². The summed E-state index contributed by atoms with van der Waals surface area (Å²) in [4.78, 5) is 31.6. The largest absolute Gasteiger partial charge is 0.341 e. The molecule has 1 aliphatic heterocycles. The molecular weight excluding hydrogens is 376 g/mol. The smallest absolute Gasteiger partial charge is 0.253 e. The molecule has 0 atom stereocenters. The summed E-state index contributed by atoms with van der Waals surface area (Å²) in [6.45, 7) is 3.58. The van der Waals surface area contributed by atoms with E-state index in [4.69, 9.17) is 0 Å². The van der Waals surface area contributed by atoms with Crippen LogP contribution in [-0.4, -0.2) is 42.5 Å². The third-order valence-electron chi connectivity index (χ3n) is 5.81. The van der Waals surface area contributed by atoms with Crippen molar-refractivity contribution < 1.29 is 0 Å². The van der Waals surface area contributed by atoms with Crippen LogP contribution in [0, 0.1) is 5.92 Å². The molecule has 5 rings (SSSR count). The molecule has 0 bridgehead atoms. The molecule has 1 aliphatic rings. The number of fused-ring (bicyclic) bond motifs is 1. The Morgan fingerprint density at radius 1 is 1.10 bits per heavy atom. The first-order valence-electron chi connectivity index (χ1n) is 10.4. The van der Waals surface area contributed by atoms with Crippen LogP contribution in [0.2, 0.25) is 0 Å². The number of H-pyrrole nitrogens is 1. The molecule has 0 spiro atoms. The van der Waals surface area contributed by atoms with Gasteiger partial charge in [0.25, 0.3) is 5.56 Å². The molecule has 3 aromatic heterocycles. The zero-order valence-corrected chi connectivity index (χ0v) is 16.7. The maximum atomic E-state index is 12.6. The molecule has 7 heteroatoms. The molecule has 4 aromatic rings. The van der Waals surface area contributed by atoms with E-state index in [-0.39, 0.29) is 5.56 Å². The van der Waals surface area contributed by atoms with Crippen molar-refractivity contribution in [2.45, 2.75) is 25.9 Å². The molecule has 0 amide bonds. The number of hydrogen-bond donors (Lipinski definition) is 1. The molecular formula is C23H24N6O. The Morgan fingerprint density at radius 3 is 2.73 bits per heavy atom. The second-order valence-electron chi connectivity index (χ2n) is 7.93. The summed E-state index contributed by atoms with van der Waals surface area (Å²) in [7, 11) is 0. The molecule has 1 saturated heterocycles. The minimum atomic E-state index is -0.00596. The van der Waals surface area contributed by atoms with Gasteiger partial charge in [-0.1, -0.05) is 12.1 Å². The Morgan fingerprint density at radius 2 is 1.97 bits per heavy atom. The highest BCUT2D eigenvalue weighted by atomic mass is 16.1. The Bertz CT molecular complexity index is 1160. The van der Waals surface area contributed by atoms with E-state index in [0.717, 1.165) is 61.4 Å². The summed E-state index contributed by atoms with van der Waals surface area (Å²) in [6, 6.07) is 13.5. The lowest BCUT2D eigenvalue weighted by atomic mass is 9.96. The highest BCUT2D eigenvalue weighted by Crippen LogP contribution is 2.21. The zero-order chi connectivity index (χ0) is 20.3. The Labute approximate surface area is 174 Å². The molecule has 0 unspecified atom stereocenters. The molecule has 7 nitrogen and oxygen atoms in total. The minimum absolute atomic E-state index is 0.00596. The molecule has 30 heavy (non-hydrogen) atoms. The van der Waals surface area contributed by atoms with E-state index in [1.165, 1.54) is 0 Å². The van der Waals surface area contributed by atoms with Crippen LogP contribution in [0.4, 0.5) is 0 Å². The second-order valence-corrected chi connectivity index (χ2v) is 7.93. The van der Waals surface area contributed by atoms with E-state index in [9.17, 15) is 4.79 Å². The van der Waals surface area contributed by atoms with E-state index >= 15 is 0 Å². The monoisotopic (exact) mass is 400 g/mol. The summed E-state index contributed by atoms with van der Waals surface area (Å²) in [6.07, 6.45) is 7.24. The fourth-order valence-electron chi connectivity index (χ4n) is 4.13. The number of piperidine rings is 1. The van der Waals surface area contributed by atoms with Crippen LogP contribution in [-0.2, 0) is 13.1 Å². The number of nitrogens with zero attached hydrogens (tertiary/aromatic N) is 5. The number of pyridine rings is 1. The van der Waals surface area contributed by atoms with Crippen molar-refractivity contribution in [1.82, 2.24) is 29.4 Å². The van der Waals surface area contributed by atoms with Gasteiger partial charge in [-0.15, -0.1) is 0 Å². The third kappa shape index (κ3) is 4.02. The van der Waals surface area contributed by atoms with E-state index < -0.39 is 0 Å². The van der Waals surface area contributed by atoms with Crippen molar-refractivity contribution in [3.05, 3.63) is 77.4 Å². The molecule has 1 fully saturated rings. The normalized spacial score (nSPS) is 15.6. The van der Waals surface area contributed by atoms with Crippen LogP contribution in [0.15, 0.2) is 66.0 Å². The number of nitrogens with one attached hydrogen (secondary N) is 1. The van der Waals surface area contributed by atoms with Gasteiger partial charge >= 0.3 is 0 Å². The van der Waals surface area contributed by atoms with Gasteiger partial charge in [0, 0.05) is 30.6 Å². The van der Waals surface area contributed by atoms with Gasteiger partial charge in [-0.2, -0.15) is 0 Å². The quantitative estimate of drug-likeness (QED) is 0.557. The van der Waals surface area contributed by atoms with Crippen molar-refractivity contribution in [2.24, 2.45) is 5.92 Å². The van der Waals surface area contributed by atoms with E-state index in [2.05, 4.69) is 30.9 Å². The standard InChI is InChI=1S/C23H24N6O/c30-23-12-21(18-4-3-9-24-13-18)25-16-29(23)14-17-7-10-28(11-8-17)15-22-26-19-5-1-2-6-20(19)27-22/h1-6,9,12-13,16-17H,7-8,10-11,14-15H2,(H,26,27). The van der Waals surface area contributed by atoms with Gasteiger partial charge in [0.05, 0.1) is 29.6 Å². The molecule has 152 valence electrons. The maximum Gasteiger partial charge on any atom is 0.253 e. The van der Waals surface area contributed by atoms with Crippen LogP contribution >= 0.6 is 0 Å². The van der Waals surface area contributed by atoms with Gasteiger partial charge in [0.1, 0.15) is 5.82 Å². The van der Waals surface area contributed by atoms with Crippen LogP contribution in [0.1, 0.15) is 18.7 Å². The van der Waals surface area contributed by atoms with Gasteiger partial charge in [-0.3, -0.25) is 19.2 Å². The number of hydrogen-bond acceptors (Lipinski definition) is 5. The van der Waals surface area contributed by atoms with E-state index in [1.54, 1.807) is 29.4 Å². The minimum Gasteiger partial charge on any atom is -0.341 e. The predicted octanol–water partition coefficient (Wildman–Crippen LogP) is 3.09. The molecule has 0 radical (unpaired) electrons. The number of benzene rings is 1. The highest BCUT2D eigenvalue weighted by Gasteiger charge is 2.21. The molecule has 1 aromatic carbocycles. The van der Waals surface area contributed by atoms with Crippen LogP contribution in [0.3, 0.4) is 0 Å². The highest BCUT2D eigenvalue weighted by molar-refractivity contribution is 5.74. The number of rotatable bonds is 5. The van der Waals surface area contributed by atoms with Gasteiger partial charge < -0.3 is 4.98 Å². The van der Waals surface area contributed by atoms with Gasteiger partial charge in [0.15, 0.2) is 0 Å². The van der Waals surface area contributed by atoms with Crippen LogP contribution < -0.4 is 5.56 Å². The zero-order valence-electron chi connectivity index (χ0n) is 16.7. The van der Waals surface area contributed by atoms with Gasteiger partial charge in [0.2, 0.25) is 0 Å². The third-order valence-corrected chi connectivity index (χ3v) is 5.81. The second kappa shape index (κ2) is 8.20. The van der Waals surface area contributed by atoms with Gasteiger partial charge in [-0.25, -0.2) is 9.97 Å². The lowest BCUT2D eigenvalue weighted by molar-refractivity contribution is 0.163. The number of aromatic nitrogens is 5. The Hall–Kier alpha value is -3.32. The van der Waals surface area contributed by atoms with E-state index in [1.807, 2.05) is 30.3 Å². The molecule has 4 heterocycles. The lowest BCUT2D eigenvalue weighted by Gasteiger charge is -2.31. The van der Waals surface area contributed by atoms with Crippen molar-refractivity contribution in [2.75, 3.05) is 13.1 Å². The maximum absolute atomic E-state index is 12.6. The van der Waals surface area contributed by atoms with Gasteiger partial charge in [-0.05, 0) is 56.1 Å². The summed E-state index contributed by atoms with van der Waals surface area (Å²) < 4.78 is 1.74. The fourth-order valence-corrected chi connectivity index (χ4v) is 4.13. The molecule has 1 N–H and O–H groups in total. The molecule has 0 aliphatic carbocycles. The molecule has 0 saturated carbocycles. The van der Waals surface area contributed by atoms with Crippen molar-refractivity contribution >= 4 is 11.0 Å². The van der Waals surface area contributed by atoms with Crippen molar-refractivity contribution in [1.29, 1.82) is 0 Å². The van der Waals surface area contributed by atoms with Crippen LogP contribution in [0.5, 0.6) is 0 Å².